The predicted molar refractivity (Wildman–Crippen MR) is 94.8 cm³/mol. The van der Waals surface area contributed by atoms with Crippen molar-refractivity contribution >= 4 is 34.4 Å². The molecule has 0 N–H and O–H groups in total. The molecule has 5 rings (SSSR count). The van der Waals surface area contributed by atoms with Crippen molar-refractivity contribution in [2.75, 3.05) is 19.7 Å². The van der Waals surface area contributed by atoms with E-state index in [0.717, 1.165) is 22.1 Å². The van der Waals surface area contributed by atoms with Gasteiger partial charge in [0.05, 0.1) is 31.8 Å². The molecule has 2 amide bonds. The highest BCUT2D eigenvalue weighted by Gasteiger charge is 2.62. The Bertz CT molecular complexity index is 939. The number of halogens is 1. The molecule has 7 heteroatoms. The van der Waals surface area contributed by atoms with E-state index in [1.54, 1.807) is 6.26 Å². The summed E-state index contributed by atoms with van der Waals surface area (Å²) >= 11 is 6.23. The molecule has 4 heterocycles. The van der Waals surface area contributed by atoms with Gasteiger partial charge in [0.2, 0.25) is 11.8 Å². The van der Waals surface area contributed by atoms with Crippen LogP contribution in [0.2, 0.25) is 5.02 Å². The molecule has 1 spiro atoms. The van der Waals surface area contributed by atoms with Crippen molar-refractivity contribution in [2.45, 2.75) is 38.0 Å². The van der Waals surface area contributed by atoms with Crippen LogP contribution in [0.3, 0.4) is 0 Å². The number of benzene rings is 1. The molecule has 26 heavy (non-hydrogen) atoms. The summed E-state index contributed by atoms with van der Waals surface area (Å²) in [6, 6.07) is 3.55. The number of carbonyl (C=O) groups excluding carboxylic acids is 2. The Kier molecular flexibility index (Phi) is 3.40. The van der Waals surface area contributed by atoms with Crippen molar-refractivity contribution in [2.24, 2.45) is 0 Å². The molecular formula is C19H19ClN2O4. The molecule has 136 valence electrons. The van der Waals surface area contributed by atoms with Crippen LogP contribution >= 0.6 is 11.6 Å². The Labute approximate surface area is 155 Å². The molecule has 1 aromatic heterocycles. The molecule has 6 nitrogen and oxygen atoms in total. The SMILES string of the molecule is Cc1cc2occ(CC(=O)N3CC[C@@]45OCCN4C(=O)C[C@@H]35)c2cc1Cl. The number of hydrogen-bond donors (Lipinski definition) is 0. The quantitative estimate of drug-likeness (QED) is 0.810. The molecule has 2 atom stereocenters. The van der Waals surface area contributed by atoms with Gasteiger partial charge in [-0.15, -0.1) is 0 Å². The molecule has 3 aliphatic heterocycles. The largest absolute Gasteiger partial charge is 0.464 e. The van der Waals surface area contributed by atoms with E-state index in [2.05, 4.69) is 0 Å². The fourth-order valence-electron chi connectivity index (χ4n) is 4.69. The highest BCUT2D eigenvalue weighted by Crippen LogP contribution is 2.45. The van der Waals surface area contributed by atoms with Crippen LogP contribution in [-0.4, -0.2) is 53.1 Å². The summed E-state index contributed by atoms with van der Waals surface area (Å²) in [6.07, 6.45) is 2.89. The van der Waals surface area contributed by atoms with E-state index < -0.39 is 5.72 Å². The normalized spacial score (nSPS) is 27.5. The minimum absolute atomic E-state index is 0.00331. The summed E-state index contributed by atoms with van der Waals surface area (Å²) < 4.78 is 11.6. The standard InChI is InChI=1S/C19H19ClN2O4/c1-11-6-15-13(8-14(11)20)12(10-25-15)7-17(23)21-3-2-19-16(21)9-18(24)22(19)4-5-26-19/h6,8,10,16H,2-5,7,9H2,1H3/t16-,19+/m1/s1. The Hall–Kier alpha value is -2.05. The third kappa shape index (κ3) is 2.09. The number of carbonyl (C=O) groups is 2. The van der Waals surface area contributed by atoms with Gasteiger partial charge in [0.15, 0.2) is 5.72 Å². The minimum Gasteiger partial charge on any atom is -0.464 e. The first-order valence-corrected chi connectivity index (χ1v) is 9.27. The Balaban J connectivity index is 1.42. The zero-order valence-corrected chi connectivity index (χ0v) is 15.2. The lowest BCUT2D eigenvalue weighted by Crippen LogP contribution is -2.49. The van der Waals surface area contributed by atoms with E-state index >= 15 is 0 Å². The average Bonchev–Trinajstić information content (AvgIpc) is 3.32. The van der Waals surface area contributed by atoms with Gasteiger partial charge in [-0.05, 0) is 24.6 Å². The second-order valence-corrected chi connectivity index (χ2v) is 7.74. The predicted octanol–water partition coefficient (Wildman–Crippen LogP) is 2.50. The van der Waals surface area contributed by atoms with Crippen molar-refractivity contribution in [3.63, 3.8) is 0 Å². The molecule has 0 bridgehead atoms. The van der Waals surface area contributed by atoms with Crippen LogP contribution in [0.1, 0.15) is 24.0 Å². The number of likely N-dealkylation sites (tertiary alicyclic amines) is 1. The highest BCUT2D eigenvalue weighted by molar-refractivity contribution is 6.32. The second-order valence-electron chi connectivity index (χ2n) is 7.33. The number of hydrogen-bond acceptors (Lipinski definition) is 4. The van der Waals surface area contributed by atoms with Crippen molar-refractivity contribution in [3.05, 3.63) is 34.5 Å². The highest BCUT2D eigenvalue weighted by atomic mass is 35.5. The van der Waals surface area contributed by atoms with E-state index in [-0.39, 0.29) is 24.3 Å². The van der Waals surface area contributed by atoms with E-state index in [0.29, 0.717) is 37.6 Å². The summed E-state index contributed by atoms with van der Waals surface area (Å²) in [4.78, 5) is 28.9. The van der Waals surface area contributed by atoms with Crippen LogP contribution in [0, 0.1) is 6.92 Å². The number of fused-ring (bicyclic) bond motifs is 1. The van der Waals surface area contributed by atoms with Crippen LogP contribution in [0.4, 0.5) is 0 Å². The molecule has 3 aliphatic rings. The van der Waals surface area contributed by atoms with Crippen LogP contribution in [0.15, 0.2) is 22.8 Å². The molecule has 0 aliphatic carbocycles. The number of rotatable bonds is 2. The van der Waals surface area contributed by atoms with E-state index in [1.807, 2.05) is 28.9 Å². The Morgan fingerprint density at radius 1 is 1.38 bits per heavy atom. The molecule has 3 saturated heterocycles. The van der Waals surface area contributed by atoms with Crippen molar-refractivity contribution in [1.82, 2.24) is 9.80 Å². The zero-order valence-electron chi connectivity index (χ0n) is 14.5. The number of aryl methyl sites for hydroxylation is 1. The lowest BCUT2D eigenvalue weighted by atomic mass is 10.0. The van der Waals surface area contributed by atoms with E-state index in [1.165, 1.54) is 0 Å². The fourth-order valence-corrected chi connectivity index (χ4v) is 4.86. The van der Waals surface area contributed by atoms with Gasteiger partial charge >= 0.3 is 0 Å². The topological polar surface area (TPSA) is 63.0 Å². The second kappa shape index (κ2) is 5.47. The Morgan fingerprint density at radius 2 is 2.23 bits per heavy atom. The fraction of sp³-hybridized carbons (Fsp3) is 0.474. The number of nitrogens with zero attached hydrogens (tertiary/aromatic N) is 2. The van der Waals surface area contributed by atoms with Gasteiger partial charge in [0.1, 0.15) is 5.58 Å². The van der Waals surface area contributed by atoms with Crippen molar-refractivity contribution in [3.8, 4) is 0 Å². The van der Waals surface area contributed by atoms with Gasteiger partial charge in [0.25, 0.3) is 0 Å². The van der Waals surface area contributed by atoms with Crippen molar-refractivity contribution in [1.29, 1.82) is 0 Å². The van der Waals surface area contributed by atoms with Crippen LogP contribution in [0.25, 0.3) is 11.0 Å². The molecular weight excluding hydrogens is 356 g/mol. The van der Waals surface area contributed by atoms with Crippen LogP contribution < -0.4 is 0 Å². The third-order valence-corrected chi connectivity index (χ3v) is 6.40. The van der Waals surface area contributed by atoms with Gasteiger partial charge in [-0.3, -0.25) is 9.59 Å². The monoisotopic (exact) mass is 374 g/mol. The summed E-state index contributed by atoms with van der Waals surface area (Å²) in [7, 11) is 0. The first-order valence-electron chi connectivity index (χ1n) is 8.90. The van der Waals surface area contributed by atoms with E-state index in [9.17, 15) is 9.59 Å². The summed E-state index contributed by atoms with van der Waals surface area (Å²) in [5.41, 5.74) is 1.90. The molecule has 1 aromatic carbocycles. The summed E-state index contributed by atoms with van der Waals surface area (Å²) in [5, 5.41) is 1.52. The van der Waals surface area contributed by atoms with Crippen LogP contribution in [-0.2, 0) is 20.7 Å². The molecule has 0 unspecified atom stereocenters. The smallest absolute Gasteiger partial charge is 0.227 e. The average molecular weight is 375 g/mol. The lowest BCUT2D eigenvalue weighted by Gasteiger charge is -2.31. The van der Waals surface area contributed by atoms with Gasteiger partial charge < -0.3 is 19.0 Å². The van der Waals surface area contributed by atoms with Crippen molar-refractivity contribution < 1.29 is 18.7 Å². The Morgan fingerprint density at radius 3 is 3.08 bits per heavy atom. The maximum absolute atomic E-state index is 13.0. The number of amides is 2. The first-order chi connectivity index (χ1) is 12.5. The van der Waals surface area contributed by atoms with E-state index in [4.69, 9.17) is 20.8 Å². The number of ether oxygens (including phenoxy) is 1. The van der Waals surface area contributed by atoms with Gasteiger partial charge in [-0.2, -0.15) is 0 Å². The first kappa shape index (κ1) is 16.1. The number of furan rings is 1. The minimum atomic E-state index is -0.592. The summed E-state index contributed by atoms with van der Waals surface area (Å²) in [5.74, 6) is 0.0810. The maximum atomic E-state index is 13.0. The molecule has 2 aromatic rings. The van der Waals surface area contributed by atoms with Gasteiger partial charge in [-0.1, -0.05) is 11.6 Å². The van der Waals surface area contributed by atoms with Crippen LogP contribution in [0.5, 0.6) is 0 Å². The zero-order chi connectivity index (χ0) is 18.1. The third-order valence-electron chi connectivity index (χ3n) is 6.00. The summed E-state index contributed by atoms with van der Waals surface area (Å²) in [6.45, 7) is 3.71. The molecule has 0 radical (unpaired) electrons. The lowest BCUT2D eigenvalue weighted by molar-refractivity contribution is -0.139. The van der Waals surface area contributed by atoms with Gasteiger partial charge in [0, 0.05) is 35.5 Å². The maximum Gasteiger partial charge on any atom is 0.227 e. The molecule has 0 saturated carbocycles. The van der Waals surface area contributed by atoms with Gasteiger partial charge in [-0.25, -0.2) is 0 Å². The molecule has 3 fully saturated rings.